The minimum atomic E-state index is -0.774. The standard InChI is InChI=1S/C13H10ClNO2S/c1-7-13(18-6-15-7)12(16)11-5-8-4-9(14)2-3-10(8)17-11/h2-6,12,16H,1H3. The molecule has 0 spiro atoms. The fraction of sp³-hybridized carbons (Fsp3) is 0.154. The first-order valence-electron chi connectivity index (χ1n) is 5.42. The Morgan fingerprint density at radius 1 is 1.39 bits per heavy atom. The van der Waals surface area contributed by atoms with Crippen molar-refractivity contribution in [3.05, 3.63) is 51.1 Å². The maximum Gasteiger partial charge on any atom is 0.148 e. The van der Waals surface area contributed by atoms with E-state index in [-0.39, 0.29) is 0 Å². The average Bonchev–Trinajstić information content (AvgIpc) is 2.93. The van der Waals surface area contributed by atoms with Crippen LogP contribution in [0.5, 0.6) is 0 Å². The van der Waals surface area contributed by atoms with Crippen molar-refractivity contribution >= 4 is 33.9 Å². The van der Waals surface area contributed by atoms with Gasteiger partial charge < -0.3 is 9.52 Å². The fourth-order valence-electron chi connectivity index (χ4n) is 1.87. The van der Waals surface area contributed by atoms with Crippen LogP contribution in [0.1, 0.15) is 22.4 Å². The van der Waals surface area contributed by atoms with Crippen molar-refractivity contribution < 1.29 is 9.52 Å². The molecule has 0 aliphatic rings. The number of aryl methyl sites for hydroxylation is 1. The summed E-state index contributed by atoms with van der Waals surface area (Å²) >= 11 is 7.34. The van der Waals surface area contributed by atoms with Crippen molar-refractivity contribution in [2.45, 2.75) is 13.0 Å². The van der Waals surface area contributed by atoms with E-state index in [1.54, 1.807) is 17.6 Å². The predicted octanol–water partition coefficient (Wildman–Crippen LogP) is 3.93. The van der Waals surface area contributed by atoms with Gasteiger partial charge in [-0.2, -0.15) is 0 Å². The first kappa shape index (κ1) is 11.7. The molecule has 18 heavy (non-hydrogen) atoms. The molecule has 0 aliphatic heterocycles. The van der Waals surface area contributed by atoms with Gasteiger partial charge in [0.15, 0.2) is 0 Å². The minimum absolute atomic E-state index is 0.514. The van der Waals surface area contributed by atoms with Crippen molar-refractivity contribution in [2.75, 3.05) is 0 Å². The molecule has 92 valence electrons. The monoisotopic (exact) mass is 279 g/mol. The maximum absolute atomic E-state index is 10.3. The Morgan fingerprint density at radius 3 is 2.94 bits per heavy atom. The van der Waals surface area contributed by atoms with Gasteiger partial charge in [-0.3, -0.25) is 0 Å². The Kier molecular flexibility index (Phi) is 2.86. The molecule has 1 unspecified atom stereocenters. The molecule has 0 saturated carbocycles. The summed E-state index contributed by atoms with van der Waals surface area (Å²) in [5, 5.41) is 11.8. The molecule has 3 rings (SSSR count). The van der Waals surface area contributed by atoms with Crippen LogP contribution in [0.25, 0.3) is 11.0 Å². The smallest absolute Gasteiger partial charge is 0.148 e. The maximum atomic E-state index is 10.3. The van der Waals surface area contributed by atoms with Crippen LogP contribution in [0.2, 0.25) is 5.02 Å². The Hall–Kier alpha value is -1.36. The number of aromatic nitrogens is 1. The summed E-state index contributed by atoms with van der Waals surface area (Å²) in [6.45, 7) is 1.87. The average molecular weight is 280 g/mol. The number of hydrogen-bond donors (Lipinski definition) is 1. The van der Waals surface area contributed by atoms with E-state index in [2.05, 4.69) is 4.98 Å². The Labute approximate surface area is 113 Å². The molecule has 1 atom stereocenters. The van der Waals surface area contributed by atoms with Gasteiger partial charge in [0.05, 0.1) is 16.1 Å². The lowest BCUT2D eigenvalue weighted by Gasteiger charge is -2.04. The third-order valence-electron chi connectivity index (χ3n) is 2.80. The lowest BCUT2D eigenvalue weighted by Crippen LogP contribution is -1.97. The second-order valence-corrected chi connectivity index (χ2v) is 5.36. The topological polar surface area (TPSA) is 46.3 Å². The van der Waals surface area contributed by atoms with E-state index < -0.39 is 6.10 Å². The lowest BCUT2D eigenvalue weighted by molar-refractivity contribution is 0.195. The highest BCUT2D eigenvalue weighted by Gasteiger charge is 2.19. The number of rotatable bonds is 2. The van der Waals surface area contributed by atoms with Crippen molar-refractivity contribution in [1.82, 2.24) is 4.98 Å². The quantitative estimate of drug-likeness (QED) is 0.773. The molecule has 0 bridgehead atoms. The molecule has 0 radical (unpaired) electrons. The molecule has 3 aromatic rings. The zero-order valence-corrected chi connectivity index (χ0v) is 11.1. The van der Waals surface area contributed by atoms with Crippen LogP contribution in [0.3, 0.4) is 0 Å². The number of benzene rings is 1. The van der Waals surface area contributed by atoms with Crippen molar-refractivity contribution in [1.29, 1.82) is 0 Å². The largest absolute Gasteiger partial charge is 0.458 e. The van der Waals surface area contributed by atoms with Crippen LogP contribution in [-0.2, 0) is 0 Å². The van der Waals surface area contributed by atoms with Crippen LogP contribution >= 0.6 is 22.9 Å². The summed E-state index contributed by atoms with van der Waals surface area (Å²) in [5.74, 6) is 0.514. The number of thiazole rings is 1. The number of aliphatic hydroxyl groups excluding tert-OH is 1. The highest BCUT2D eigenvalue weighted by atomic mass is 35.5. The second-order valence-electron chi connectivity index (χ2n) is 4.04. The summed E-state index contributed by atoms with van der Waals surface area (Å²) < 4.78 is 5.63. The molecule has 1 aromatic carbocycles. The molecule has 2 aromatic heterocycles. The van der Waals surface area contributed by atoms with Gasteiger partial charge in [0.2, 0.25) is 0 Å². The summed E-state index contributed by atoms with van der Waals surface area (Å²) in [4.78, 5) is 4.93. The summed E-state index contributed by atoms with van der Waals surface area (Å²) in [5.41, 5.74) is 3.26. The van der Waals surface area contributed by atoms with Gasteiger partial charge in [0, 0.05) is 10.4 Å². The molecule has 0 fully saturated rings. The van der Waals surface area contributed by atoms with Crippen LogP contribution in [-0.4, -0.2) is 10.1 Å². The van der Waals surface area contributed by atoms with Gasteiger partial charge in [0.1, 0.15) is 17.4 Å². The molecular formula is C13H10ClNO2S. The van der Waals surface area contributed by atoms with Crippen LogP contribution in [0.15, 0.2) is 34.2 Å². The fourth-order valence-corrected chi connectivity index (χ4v) is 2.85. The molecule has 3 nitrogen and oxygen atoms in total. The number of halogens is 1. The Morgan fingerprint density at radius 2 is 2.22 bits per heavy atom. The highest BCUT2D eigenvalue weighted by Crippen LogP contribution is 2.32. The second kappa shape index (κ2) is 4.39. The number of aliphatic hydroxyl groups is 1. The lowest BCUT2D eigenvalue weighted by atomic mass is 10.2. The van der Waals surface area contributed by atoms with E-state index >= 15 is 0 Å². The Balaban J connectivity index is 2.07. The van der Waals surface area contributed by atoms with Crippen molar-refractivity contribution in [3.8, 4) is 0 Å². The van der Waals surface area contributed by atoms with E-state index in [0.717, 1.165) is 21.5 Å². The summed E-state index contributed by atoms with van der Waals surface area (Å²) in [7, 11) is 0. The minimum Gasteiger partial charge on any atom is -0.458 e. The first-order chi connectivity index (χ1) is 8.65. The van der Waals surface area contributed by atoms with Crippen molar-refractivity contribution in [3.63, 3.8) is 0 Å². The normalized spacial score (nSPS) is 13.1. The van der Waals surface area contributed by atoms with Gasteiger partial charge in [-0.25, -0.2) is 4.98 Å². The number of fused-ring (bicyclic) bond motifs is 1. The molecule has 5 heteroatoms. The summed E-state index contributed by atoms with van der Waals surface area (Å²) in [6, 6.07) is 7.19. The third kappa shape index (κ3) is 1.92. The molecule has 0 saturated heterocycles. The number of furan rings is 1. The van der Waals surface area contributed by atoms with E-state index in [0.29, 0.717) is 10.8 Å². The van der Waals surface area contributed by atoms with E-state index in [9.17, 15) is 5.11 Å². The predicted molar refractivity (Wildman–Crippen MR) is 72.1 cm³/mol. The molecule has 1 N–H and O–H groups in total. The zero-order chi connectivity index (χ0) is 12.7. The zero-order valence-electron chi connectivity index (χ0n) is 9.55. The SMILES string of the molecule is Cc1ncsc1C(O)c1cc2cc(Cl)ccc2o1. The van der Waals surface area contributed by atoms with E-state index in [4.69, 9.17) is 16.0 Å². The van der Waals surface area contributed by atoms with Crippen LogP contribution < -0.4 is 0 Å². The highest BCUT2D eigenvalue weighted by molar-refractivity contribution is 7.09. The third-order valence-corrected chi connectivity index (χ3v) is 4.02. The van der Waals surface area contributed by atoms with E-state index in [1.807, 2.05) is 19.1 Å². The van der Waals surface area contributed by atoms with Gasteiger partial charge >= 0.3 is 0 Å². The van der Waals surface area contributed by atoms with Gasteiger partial charge in [-0.05, 0) is 31.2 Å². The van der Waals surface area contributed by atoms with Gasteiger partial charge in [-0.15, -0.1) is 11.3 Å². The molecule has 0 amide bonds. The van der Waals surface area contributed by atoms with E-state index in [1.165, 1.54) is 11.3 Å². The van der Waals surface area contributed by atoms with Gasteiger partial charge in [-0.1, -0.05) is 11.6 Å². The number of nitrogens with zero attached hydrogens (tertiary/aromatic N) is 1. The molecule has 0 aliphatic carbocycles. The van der Waals surface area contributed by atoms with Crippen LogP contribution in [0.4, 0.5) is 0 Å². The van der Waals surface area contributed by atoms with Gasteiger partial charge in [0.25, 0.3) is 0 Å². The number of hydrogen-bond acceptors (Lipinski definition) is 4. The van der Waals surface area contributed by atoms with Crippen LogP contribution in [0, 0.1) is 6.92 Å². The Bertz CT molecular complexity index is 704. The summed E-state index contributed by atoms with van der Waals surface area (Å²) in [6.07, 6.45) is -0.774. The molecule has 2 heterocycles. The van der Waals surface area contributed by atoms with Crippen molar-refractivity contribution in [2.24, 2.45) is 0 Å². The first-order valence-corrected chi connectivity index (χ1v) is 6.68. The molecular weight excluding hydrogens is 270 g/mol.